The first kappa shape index (κ1) is 21.1. The van der Waals surface area contributed by atoms with Crippen molar-refractivity contribution in [2.45, 2.75) is 79.6 Å². The molecule has 0 saturated heterocycles. The summed E-state index contributed by atoms with van der Waals surface area (Å²) in [5, 5.41) is 0. The van der Waals surface area contributed by atoms with E-state index in [2.05, 4.69) is 39.5 Å². The molecule has 0 aromatic carbocycles. The van der Waals surface area contributed by atoms with Gasteiger partial charge in [-0.1, -0.05) is 45.6 Å². The van der Waals surface area contributed by atoms with E-state index in [1.54, 1.807) is 7.11 Å². The SMILES string of the molecule is C.C=CC(C)(/C=C/C1=C(C)CCCC1(C)C)OC(C)(C)OC. The molecule has 0 fully saturated rings. The lowest BCUT2D eigenvalue weighted by Crippen LogP contribution is -2.37. The molecule has 0 bridgehead atoms. The second-order valence-corrected chi connectivity index (χ2v) is 7.36. The molecule has 1 rings (SSSR count). The molecule has 0 saturated carbocycles. The van der Waals surface area contributed by atoms with Crippen LogP contribution in [0.15, 0.2) is 36.0 Å². The zero-order chi connectivity index (χ0) is 16.3. The molecule has 0 heterocycles. The summed E-state index contributed by atoms with van der Waals surface area (Å²) in [7, 11) is 1.66. The van der Waals surface area contributed by atoms with Gasteiger partial charge in [-0.3, -0.25) is 0 Å². The van der Waals surface area contributed by atoms with Crippen LogP contribution in [0.1, 0.15) is 68.2 Å². The van der Waals surface area contributed by atoms with Crippen molar-refractivity contribution >= 4 is 0 Å². The van der Waals surface area contributed by atoms with Gasteiger partial charge in [0.25, 0.3) is 0 Å². The molecule has 128 valence electrons. The second kappa shape index (κ2) is 7.61. The summed E-state index contributed by atoms with van der Waals surface area (Å²) in [5.41, 5.74) is 2.61. The average molecular weight is 309 g/mol. The van der Waals surface area contributed by atoms with Crippen molar-refractivity contribution in [1.29, 1.82) is 0 Å². The zero-order valence-corrected chi connectivity index (χ0v) is 14.9. The molecular formula is C20H36O2. The topological polar surface area (TPSA) is 18.5 Å². The number of hydrogen-bond donors (Lipinski definition) is 0. The van der Waals surface area contributed by atoms with Gasteiger partial charge < -0.3 is 9.47 Å². The van der Waals surface area contributed by atoms with Gasteiger partial charge >= 0.3 is 0 Å². The number of allylic oxidation sites excluding steroid dienone is 3. The maximum absolute atomic E-state index is 6.07. The Balaban J connectivity index is 0.00000441. The lowest BCUT2D eigenvalue weighted by molar-refractivity contribution is -0.229. The summed E-state index contributed by atoms with van der Waals surface area (Å²) in [5.74, 6) is -0.640. The molecule has 2 nitrogen and oxygen atoms in total. The van der Waals surface area contributed by atoms with Gasteiger partial charge in [-0.05, 0) is 64.0 Å². The van der Waals surface area contributed by atoms with Crippen LogP contribution in [0.5, 0.6) is 0 Å². The summed E-state index contributed by atoms with van der Waals surface area (Å²) in [6.45, 7) is 16.6. The van der Waals surface area contributed by atoms with Crippen LogP contribution in [0.4, 0.5) is 0 Å². The van der Waals surface area contributed by atoms with Crippen LogP contribution in [0, 0.1) is 5.41 Å². The molecule has 0 aliphatic heterocycles. The summed E-state index contributed by atoms with van der Waals surface area (Å²) >= 11 is 0. The number of rotatable bonds is 6. The van der Waals surface area contributed by atoms with Crippen molar-refractivity contribution in [2.75, 3.05) is 7.11 Å². The fraction of sp³-hybridized carbons (Fsp3) is 0.700. The van der Waals surface area contributed by atoms with Crippen LogP contribution in [0.3, 0.4) is 0 Å². The summed E-state index contributed by atoms with van der Waals surface area (Å²) in [6.07, 6.45) is 9.87. The standard InChI is InChI=1S/C19H32O2.CH4/c1-9-19(7,21-18(5,6)20-8)14-12-16-15(2)11-10-13-17(16,3)4;/h9,12,14H,1,10-11,13H2,2-8H3;1H4/b14-12+;. The van der Waals surface area contributed by atoms with Crippen molar-refractivity contribution in [1.82, 2.24) is 0 Å². The van der Waals surface area contributed by atoms with Crippen molar-refractivity contribution in [2.24, 2.45) is 5.41 Å². The van der Waals surface area contributed by atoms with Crippen molar-refractivity contribution < 1.29 is 9.47 Å². The normalized spacial score (nSPS) is 21.4. The summed E-state index contributed by atoms with van der Waals surface area (Å²) in [6, 6.07) is 0. The first-order valence-electron chi connectivity index (χ1n) is 7.84. The third-order valence-corrected chi connectivity index (χ3v) is 4.49. The van der Waals surface area contributed by atoms with E-state index in [-0.39, 0.29) is 12.8 Å². The van der Waals surface area contributed by atoms with E-state index >= 15 is 0 Å². The first-order chi connectivity index (χ1) is 9.55. The predicted octanol–water partition coefficient (Wildman–Crippen LogP) is 6.05. The highest BCUT2D eigenvalue weighted by atomic mass is 16.7. The smallest absolute Gasteiger partial charge is 0.163 e. The van der Waals surface area contributed by atoms with E-state index in [4.69, 9.17) is 9.47 Å². The molecule has 22 heavy (non-hydrogen) atoms. The highest BCUT2D eigenvalue weighted by Crippen LogP contribution is 2.41. The molecule has 1 atom stereocenters. The van der Waals surface area contributed by atoms with Gasteiger partial charge in [0.2, 0.25) is 0 Å². The summed E-state index contributed by atoms with van der Waals surface area (Å²) in [4.78, 5) is 0. The largest absolute Gasteiger partial charge is 0.354 e. The number of ether oxygens (including phenoxy) is 2. The Bertz CT molecular complexity index is 441. The Labute approximate surface area is 138 Å². The molecule has 0 aromatic rings. The first-order valence-corrected chi connectivity index (χ1v) is 7.84. The highest BCUT2D eigenvalue weighted by Gasteiger charge is 2.30. The van der Waals surface area contributed by atoms with Gasteiger partial charge in [-0.2, -0.15) is 0 Å². The minimum Gasteiger partial charge on any atom is -0.354 e. The van der Waals surface area contributed by atoms with Crippen LogP contribution in [0.25, 0.3) is 0 Å². The highest BCUT2D eigenvalue weighted by molar-refractivity contribution is 5.34. The molecular weight excluding hydrogens is 272 g/mol. The third kappa shape index (κ3) is 5.40. The van der Waals surface area contributed by atoms with Crippen LogP contribution >= 0.6 is 0 Å². The van der Waals surface area contributed by atoms with Gasteiger partial charge in [0, 0.05) is 7.11 Å². The Morgan fingerprint density at radius 2 is 1.82 bits per heavy atom. The fourth-order valence-electron chi connectivity index (χ4n) is 2.97. The van der Waals surface area contributed by atoms with E-state index in [0.717, 1.165) is 0 Å². The van der Waals surface area contributed by atoms with E-state index in [1.165, 1.54) is 30.4 Å². The Hall–Kier alpha value is -0.860. The minimum absolute atomic E-state index is 0. The average Bonchev–Trinajstić information content (AvgIpc) is 2.37. The Morgan fingerprint density at radius 1 is 1.23 bits per heavy atom. The van der Waals surface area contributed by atoms with Crippen LogP contribution in [-0.2, 0) is 9.47 Å². The second-order valence-electron chi connectivity index (χ2n) is 7.36. The lowest BCUT2D eigenvalue weighted by Gasteiger charge is -2.35. The van der Waals surface area contributed by atoms with Gasteiger partial charge in [0.05, 0.1) is 0 Å². The fourth-order valence-corrected chi connectivity index (χ4v) is 2.97. The molecule has 0 radical (unpaired) electrons. The molecule has 0 amide bonds. The van der Waals surface area contributed by atoms with Gasteiger partial charge in [-0.25, -0.2) is 0 Å². The summed E-state index contributed by atoms with van der Waals surface area (Å²) < 4.78 is 11.4. The third-order valence-electron chi connectivity index (χ3n) is 4.49. The Kier molecular flexibility index (Phi) is 7.31. The quantitative estimate of drug-likeness (QED) is 0.439. The monoisotopic (exact) mass is 308 g/mol. The predicted molar refractivity (Wildman–Crippen MR) is 97.0 cm³/mol. The van der Waals surface area contributed by atoms with Gasteiger partial charge in [0.15, 0.2) is 5.79 Å². The van der Waals surface area contributed by atoms with E-state index in [9.17, 15) is 0 Å². The van der Waals surface area contributed by atoms with Crippen molar-refractivity contribution in [3.63, 3.8) is 0 Å². The maximum Gasteiger partial charge on any atom is 0.163 e. The van der Waals surface area contributed by atoms with Crippen molar-refractivity contribution in [3.8, 4) is 0 Å². The van der Waals surface area contributed by atoms with Crippen LogP contribution in [-0.4, -0.2) is 18.5 Å². The number of hydrogen-bond acceptors (Lipinski definition) is 2. The van der Waals surface area contributed by atoms with Crippen LogP contribution in [0.2, 0.25) is 0 Å². The maximum atomic E-state index is 6.07. The van der Waals surface area contributed by atoms with Gasteiger partial charge in [0.1, 0.15) is 5.60 Å². The molecule has 0 aromatic heterocycles. The van der Waals surface area contributed by atoms with Crippen molar-refractivity contribution in [3.05, 3.63) is 36.0 Å². The molecule has 1 aliphatic carbocycles. The van der Waals surface area contributed by atoms with E-state index < -0.39 is 11.4 Å². The molecule has 1 unspecified atom stereocenters. The Morgan fingerprint density at radius 3 is 2.27 bits per heavy atom. The zero-order valence-electron chi connectivity index (χ0n) is 14.9. The molecule has 1 aliphatic rings. The van der Waals surface area contributed by atoms with E-state index in [0.29, 0.717) is 0 Å². The lowest BCUT2D eigenvalue weighted by atomic mass is 9.72. The molecule has 0 spiro atoms. The van der Waals surface area contributed by atoms with Gasteiger partial charge in [-0.15, -0.1) is 0 Å². The van der Waals surface area contributed by atoms with E-state index in [1.807, 2.05) is 26.8 Å². The van der Waals surface area contributed by atoms with Crippen LogP contribution < -0.4 is 0 Å². The molecule has 0 N–H and O–H groups in total. The minimum atomic E-state index is -0.640. The number of methoxy groups -OCH3 is 1. The molecule has 2 heteroatoms.